The Bertz CT molecular complexity index is 3950. The molecular weight excluding hydrogens is 799 g/mol. The predicted molar refractivity (Wildman–Crippen MR) is 280 cm³/mol. The summed E-state index contributed by atoms with van der Waals surface area (Å²) in [6, 6.07) is 90.2. The zero-order valence-corrected chi connectivity index (χ0v) is 36.0. The molecule has 0 amide bonds. The lowest BCUT2D eigenvalue weighted by Gasteiger charge is -2.31. The summed E-state index contributed by atoms with van der Waals surface area (Å²) in [5.74, 6) is 0. The van der Waals surface area contributed by atoms with Gasteiger partial charge in [-0.25, -0.2) is 0 Å². The second-order valence-corrected chi connectivity index (χ2v) is 17.1. The molecule has 308 valence electrons. The van der Waals surface area contributed by atoms with Gasteiger partial charge in [0.25, 0.3) is 0 Å². The predicted octanol–water partition coefficient (Wildman–Crippen LogP) is 18.3. The molecule has 13 rings (SSSR count). The number of benzene rings is 12. The molecule has 0 aliphatic carbocycles. The van der Waals surface area contributed by atoms with Crippen LogP contribution in [0.3, 0.4) is 0 Å². The van der Waals surface area contributed by atoms with Crippen LogP contribution in [0, 0.1) is 0 Å². The van der Waals surface area contributed by atoms with Gasteiger partial charge in [0.05, 0.1) is 22.4 Å². The number of fused-ring (bicyclic) bond motifs is 10. The smallest absolute Gasteiger partial charge is 0.145 e. The molecule has 0 atom stereocenters. The van der Waals surface area contributed by atoms with Gasteiger partial charge in [0.15, 0.2) is 0 Å². The minimum atomic E-state index is 0.855. The molecular formula is C64H41NO. The molecule has 0 N–H and O–H groups in total. The third-order valence-electron chi connectivity index (χ3n) is 13.5. The first-order chi connectivity index (χ1) is 32.8. The molecule has 13 aromatic rings. The Labute approximate surface area is 382 Å². The second kappa shape index (κ2) is 15.5. The Morgan fingerprint density at radius 2 is 0.742 bits per heavy atom. The Hall–Kier alpha value is -8.72. The molecule has 2 nitrogen and oxygen atoms in total. The fraction of sp³-hybridized carbons (Fsp3) is 0. The van der Waals surface area contributed by atoms with Crippen LogP contribution in [0.25, 0.3) is 110 Å². The molecule has 66 heavy (non-hydrogen) atoms. The standard InChI is InChI=1S/C64H41NO/c1-2-17-42(18-3-1)43-33-35-45(36-34-43)48-22-10-13-30-59(48)65(61-40-39-56(50-29-16-20-44-19-4-5-21-47(44)50)64-63(61)57-28-12-15-32-62(57)66-64)60-31-14-11-23-49(60)46-37-38-55-53-26-7-6-24-51(53)52-25-8-9-27-54(52)58(55)41-46/h1-41H. The first kappa shape index (κ1) is 37.8. The molecule has 0 radical (unpaired) electrons. The van der Waals surface area contributed by atoms with Crippen molar-refractivity contribution in [1.82, 2.24) is 0 Å². The van der Waals surface area contributed by atoms with Gasteiger partial charge in [0.2, 0.25) is 0 Å². The average Bonchev–Trinajstić information content (AvgIpc) is 3.79. The summed E-state index contributed by atoms with van der Waals surface area (Å²) >= 11 is 0. The number of rotatable bonds is 7. The van der Waals surface area contributed by atoms with Crippen molar-refractivity contribution in [2.24, 2.45) is 0 Å². The maximum absolute atomic E-state index is 7.03. The zero-order valence-electron chi connectivity index (χ0n) is 36.0. The van der Waals surface area contributed by atoms with Crippen molar-refractivity contribution >= 4 is 82.1 Å². The third-order valence-corrected chi connectivity index (χ3v) is 13.5. The quantitative estimate of drug-likeness (QED) is 0.149. The van der Waals surface area contributed by atoms with Gasteiger partial charge < -0.3 is 9.32 Å². The van der Waals surface area contributed by atoms with Gasteiger partial charge in [-0.3, -0.25) is 0 Å². The molecule has 0 saturated heterocycles. The van der Waals surface area contributed by atoms with Crippen LogP contribution in [0.5, 0.6) is 0 Å². The Morgan fingerprint density at radius 3 is 1.45 bits per heavy atom. The van der Waals surface area contributed by atoms with E-state index in [-0.39, 0.29) is 0 Å². The molecule has 12 aromatic carbocycles. The maximum Gasteiger partial charge on any atom is 0.145 e. The van der Waals surface area contributed by atoms with Crippen molar-refractivity contribution in [3.05, 3.63) is 249 Å². The van der Waals surface area contributed by atoms with Crippen molar-refractivity contribution in [3.8, 4) is 44.5 Å². The van der Waals surface area contributed by atoms with E-state index in [0.29, 0.717) is 0 Å². The van der Waals surface area contributed by atoms with Gasteiger partial charge in [-0.2, -0.15) is 0 Å². The van der Waals surface area contributed by atoms with Crippen molar-refractivity contribution < 1.29 is 4.42 Å². The summed E-state index contributed by atoms with van der Waals surface area (Å²) in [4.78, 5) is 2.48. The van der Waals surface area contributed by atoms with Gasteiger partial charge in [-0.05, 0) is 107 Å². The van der Waals surface area contributed by atoms with Crippen LogP contribution in [0.2, 0.25) is 0 Å². The number of para-hydroxylation sites is 3. The van der Waals surface area contributed by atoms with Gasteiger partial charge >= 0.3 is 0 Å². The molecule has 0 aliphatic rings. The lowest BCUT2D eigenvalue weighted by molar-refractivity contribution is 0.670. The maximum atomic E-state index is 7.03. The van der Waals surface area contributed by atoms with Crippen LogP contribution in [-0.4, -0.2) is 0 Å². The molecule has 1 heterocycles. The fourth-order valence-electron chi connectivity index (χ4n) is 10.4. The van der Waals surface area contributed by atoms with Crippen molar-refractivity contribution in [2.75, 3.05) is 4.90 Å². The summed E-state index contributed by atoms with van der Waals surface area (Å²) in [7, 11) is 0. The highest BCUT2D eigenvalue weighted by atomic mass is 16.3. The van der Waals surface area contributed by atoms with Gasteiger partial charge in [-0.1, -0.05) is 212 Å². The molecule has 0 bridgehead atoms. The van der Waals surface area contributed by atoms with Crippen LogP contribution >= 0.6 is 0 Å². The van der Waals surface area contributed by atoms with E-state index in [1.54, 1.807) is 0 Å². The number of nitrogens with zero attached hydrogens (tertiary/aromatic N) is 1. The van der Waals surface area contributed by atoms with Crippen molar-refractivity contribution in [3.63, 3.8) is 0 Å². The third kappa shape index (κ3) is 6.11. The normalized spacial score (nSPS) is 11.6. The van der Waals surface area contributed by atoms with E-state index in [0.717, 1.165) is 72.4 Å². The molecule has 0 aliphatic heterocycles. The fourth-order valence-corrected chi connectivity index (χ4v) is 10.4. The SMILES string of the molecule is c1ccc(-c2ccc(-c3ccccc3N(c3ccccc3-c3ccc4c5ccccc5c5ccccc5c4c3)c3ccc(-c4cccc5ccccc45)c4oc5ccccc5c34)cc2)cc1. The van der Waals surface area contributed by atoms with Crippen LogP contribution in [0.4, 0.5) is 17.1 Å². The first-order valence-electron chi connectivity index (χ1n) is 22.7. The van der Waals surface area contributed by atoms with Gasteiger partial charge in [-0.15, -0.1) is 0 Å². The summed E-state index contributed by atoms with van der Waals surface area (Å²) in [6.45, 7) is 0. The summed E-state index contributed by atoms with van der Waals surface area (Å²) < 4.78 is 7.03. The van der Waals surface area contributed by atoms with E-state index in [9.17, 15) is 0 Å². The minimum absolute atomic E-state index is 0.855. The highest BCUT2D eigenvalue weighted by Crippen LogP contribution is 2.51. The molecule has 0 fully saturated rings. The molecule has 0 saturated carbocycles. The lowest BCUT2D eigenvalue weighted by atomic mass is 9.91. The van der Waals surface area contributed by atoms with E-state index < -0.39 is 0 Å². The summed E-state index contributed by atoms with van der Waals surface area (Å²) in [5, 5.41) is 12.1. The summed E-state index contributed by atoms with van der Waals surface area (Å²) in [5.41, 5.74) is 14.0. The first-order valence-corrected chi connectivity index (χ1v) is 22.7. The van der Waals surface area contributed by atoms with E-state index in [4.69, 9.17) is 4.42 Å². The number of anilines is 3. The molecule has 0 unspecified atom stereocenters. The van der Waals surface area contributed by atoms with Gasteiger partial charge in [0.1, 0.15) is 11.2 Å². The van der Waals surface area contributed by atoms with Crippen LogP contribution in [-0.2, 0) is 0 Å². The topological polar surface area (TPSA) is 16.4 Å². The lowest BCUT2D eigenvalue weighted by Crippen LogP contribution is -2.13. The Balaban J connectivity index is 1.09. The molecule has 1 aromatic heterocycles. The Kier molecular flexibility index (Phi) is 8.89. The number of hydrogen-bond donors (Lipinski definition) is 0. The van der Waals surface area contributed by atoms with Crippen LogP contribution < -0.4 is 4.90 Å². The second-order valence-electron chi connectivity index (χ2n) is 17.1. The van der Waals surface area contributed by atoms with Crippen molar-refractivity contribution in [2.45, 2.75) is 0 Å². The van der Waals surface area contributed by atoms with E-state index in [2.05, 4.69) is 254 Å². The highest BCUT2D eigenvalue weighted by Gasteiger charge is 2.26. The monoisotopic (exact) mass is 839 g/mol. The zero-order chi connectivity index (χ0) is 43.6. The van der Waals surface area contributed by atoms with E-state index in [1.807, 2.05) is 0 Å². The number of hydrogen-bond acceptors (Lipinski definition) is 2. The summed E-state index contributed by atoms with van der Waals surface area (Å²) in [6.07, 6.45) is 0. The van der Waals surface area contributed by atoms with Crippen LogP contribution in [0.15, 0.2) is 253 Å². The Morgan fingerprint density at radius 1 is 0.258 bits per heavy atom. The largest absolute Gasteiger partial charge is 0.455 e. The van der Waals surface area contributed by atoms with Gasteiger partial charge in [0, 0.05) is 22.1 Å². The minimum Gasteiger partial charge on any atom is -0.455 e. The van der Waals surface area contributed by atoms with E-state index >= 15 is 0 Å². The number of furan rings is 1. The molecule has 2 heteroatoms. The van der Waals surface area contributed by atoms with E-state index in [1.165, 1.54) is 54.2 Å². The molecule has 0 spiro atoms. The van der Waals surface area contributed by atoms with Crippen LogP contribution in [0.1, 0.15) is 0 Å². The average molecular weight is 840 g/mol. The highest BCUT2D eigenvalue weighted by molar-refractivity contribution is 6.26. The van der Waals surface area contributed by atoms with Crippen molar-refractivity contribution in [1.29, 1.82) is 0 Å².